The van der Waals surface area contributed by atoms with Gasteiger partial charge in [-0.2, -0.15) is 0 Å². The Morgan fingerprint density at radius 1 is 1.71 bits per heavy atom. The third-order valence-electron chi connectivity index (χ3n) is 2.76. The van der Waals surface area contributed by atoms with Crippen molar-refractivity contribution in [1.29, 1.82) is 0 Å². The van der Waals surface area contributed by atoms with Crippen LogP contribution < -0.4 is 5.32 Å². The molecule has 2 unspecified atom stereocenters. The summed E-state index contributed by atoms with van der Waals surface area (Å²) in [5.74, 6) is 1.56. The molecule has 0 aromatic carbocycles. The summed E-state index contributed by atoms with van der Waals surface area (Å²) in [6, 6.07) is 0.412. The Hall–Kier alpha value is -1.10. The molecule has 0 radical (unpaired) electrons. The van der Waals surface area contributed by atoms with E-state index in [0.29, 0.717) is 12.0 Å². The molecule has 1 saturated heterocycles. The van der Waals surface area contributed by atoms with Crippen LogP contribution in [0.5, 0.6) is 0 Å². The fourth-order valence-electron chi connectivity index (χ4n) is 1.72. The number of nitrogens with zero attached hydrogens (tertiary/aromatic N) is 3. The number of hydrogen-bond acceptors (Lipinski definition) is 4. The molecule has 0 spiro atoms. The number of ether oxygens (including phenoxy) is 1. The van der Waals surface area contributed by atoms with Crippen molar-refractivity contribution in [3.8, 4) is 0 Å². The number of rotatable bonds is 3. The van der Waals surface area contributed by atoms with E-state index in [9.17, 15) is 0 Å². The molecule has 1 N–H and O–H groups in total. The number of nitrogens with one attached hydrogen (secondary N) is 1. The van der Waals surface area contributed by atoms with Crippen LogP contribution in [0.1, 0.15) is 13.3 Å². The summed E-state index contributed by atoms with van der Waals surface area (Å²) in [4.78, 5) is 0. The summed E-state index contributed by atoms with van der Waals surface area (Å²) in [6.45, 7) is 3.92. The lowest BCUT2D eigenvalue weighted by atomic mass is 10.0. The standard InChI is InChI=1S/C9H16N4O/c1-7(8-3-4-14-6-8)11-9-5-10-12-13(9)2/h5,7-8,11H,3-4,6H2,1-2H3. The van der Waals surface area contributed by atoms with E-state index in [4.69, 9.17) is 4.74 Å². The van der Waals surface area contributed by atoms with E-state index >= 15 is 0 Å². The molecule has 14 heavy (non-hydrogen) atoms. The van der Waals surface area contributed by atoms with E-state index in [1.54, 1.807) is 10.9 Å². The summed E-state index contributed by atoms with van der Waals surface area (Å²) in [5.41, 5.74) is 0. The first-order chi connectivity index (χ1) is 6.77. The second-order valence-electron chi connectivity index (χ2n) is 3.80. The minimum Gasteiger partial charge on any atom is -0.381 e. The topological polar surface area (TPSA) is 52.0 Å². The van der Waals surface area contributed by atoms with Gasteiger partial charge in [-0.05, 0) is 13.3 Å². The highest BCUT2D eigenvalue weighted by Gasteiger charge is 2.22. The Balaban J connectivity index is 1.93. The predicted octanol–water partition coefficient (Wildman–Crippen LogP) is 0.652. The molecular weight excluding hydrogens is 180 g/mol. The second kappa shape index (κ2) is 3.96. The molecule has 5 heteroatoms. The average molecular weight is 196 g/mol. The van der Waals surface area contributed by atoms with E-state index in [0.717, 1.165) is 25.5 Å². The monoisotopic (exact) mass is 196 g/mol. The molecule has 1 aliphatic heterocycles. The first-order valence-corrected chi connectivity index (χ1v) is 4.96. The summed E-state index contributed by atoms with van der Waals surface area (Å²) in [5, 5.41) is 11.1. The van der Waals surface area contributed by atoms with Crippen LogP contribution in [0.2, 0.25) is 0 Å². The van der Waals surface area contributed by atoms with Crippen LogP contribution in [-0.2, 0) is 11.8 Å². The third-order valence-corrected chi connectivity index (χ3v) is 2.76. The summed E-state index contributed by atoms with van der Waals surface area (Å²) in [6.07, 6.45) is 2.88. The van der Waals surface area contributed by atoms with Gasteiger partial charge in [-0.15, -0.1) is 5.10 Å². The van der Waals surface area contributed by atoms with Crippen molar-refractivity contribution >= 4 is 5.82 Å². The molecule has 1 aromatic heterocycles. The summed E-state index contributed by atoms with van der Waals surface area (Å²) in [7, 11) is 1.88. The normalized spacial score (nSPS) is 23.7. The maximum atomic E-state index is 5.35. The van der Waals surface area contributed by atoms with E-state index in [2.05, 4.69) is 22.6 Å². The van der Waals surface area contributed by atoms with Crippen LogP contribution >= 0.6 is 0 Å². The van der Waals surface area contributed by atoms with Gasteiger partial charge in [0.15, 0.2) is 0 Å². The highest BCUT2D eigenvalue weighted by atomic mass is 16.5. The van der Waals surface area contributed by atoms with Gasteiger partial charge >= 0.3 is 0 Å². The largest absolute Gasteiger partial charge is 0.381 e. The van der Waals surface area contributed by atoms with Gasteiger partial charge in [0.1, 0.15) is 5.82 Å². The smallest absolute Gasteiger partial charge is 0.144 e. The molecule has 1 aromatic rings. The fourth-order valence-corrected chi connectivity index (χ4v) is 1.72. The SMILES string of the molecule is CC(Nc1cnnn1C)C1CCOC1. The van der Waals surface area contributed by atoms with Crippen molar-refractivity contribution in [2.75, 3.05) is 18.5 Å². The molecule has 2 heterocycles. The molecule has 1 aliphatic rings. The molecule has 5 nitrogen and oxygen atoms in total. The zero-order chi connectivity index (χ0) is 9.97. The van der Waals surface area contributed by atoms with Crippen LogP contribution in [0.25, 0.3) is 0 Å². The van der Waals surface area contributed by atoms with Gasteiger partial charge < -0.3 is 10.1 Å². The molecule has 0 aliphatic carbocycles. The van der Waals surface area contributed by atoms with Crippen molar-refractivity contribution in [2.45, 2.75) is 19.4 Å². The van der Waals surface area contributed by atoms with Crippen LogP contribution in [0.15, 0.2) is 6.20 Å². The minimum atomic E-state index is 0.412. The Labute approximate surface area is 83.4 Å². The van der Waals surface area contributed by atoms with Crippen LogP contribution in [0.4, 0.5) is 5.82 Å². The molecule has 0 bridgehead atoms. The van der Waals surface area contributed by atoms with Crippen molar-refractivity contribution in [3.05, 3.63) is 6.20 Å². The average Bonchev–Trinajstić information content (AvgIpc) is 2.77. The van der Waals surface area contributed by atoms with Gasteiger partial charge in [0, 0.05) is 25.6 Å². The molecule has 0 amide bonds. The highest BCUT2D eigenvalue weighted by molar-refractivity contribution is 5.32. The van der Waals surface area contributed by atoms with Crippen LogP contribution in [0.3, 0.4) is 0 Å². The summed E-state index contributed by atoms with van der Waals surface area (Å²) < 4.78 is 7.09. The van der Waals surface area contributed by atoms with Crippen molar-refractivity contribution in [2.24, 2.45) is 13.0 Å². The van der Waals surface area contributed by atoms with Gasteiger partial charge in [-0.25, -0.2) is 4.68 Å². The van der Waals surface area contributed by atoms with Gasteiger partial charge in [-0.3, -0.25) is 0 Å². The molecule has 1 fully saturated rings. The lowest BCUT2D eigenvalue weighted by Crippen LogP contribution is -2.27. The first kappa shape index (κ1) is 9.45. The predicted molar refractivity (Wildman–Crippen MR) is 53.0 cm³/mol. The van der Waals surface area contributed by atoms with Crippen molar-refractivity contribution < 1.29 is 4.74 Å². The molecular formula is C9H16N4O. The maximum absolute atomic E-state index is 5.35. The summed E-state index contributed by atoms with van der Waals surface area (Å²) >= 11 is 0. The Morgan fingerprint density at radius 2 is 2.57 bits per heavy atom. The zero-order valence-electron chi connectivity index (χ0n) is 8.60. The van der Waals surface area contributed by atoms with E-state index < -0.39 is 0 Å². The van der Waals surface area contributed by atoms with Crippen molar-refractivity contribution in [1.82, 2.24) is 15.0 Å². The molecule has 0 saturated carbocycles. The number of aryl methyl sites for hydroxylation is 1. The van der Waals surface area contributed by atoms with Crippen LogP contribution in [-0.4, -0.2) is 34.2 Å². The van der Waals surface area contributed by atoms with Crippen LogP contribution in [0, 0.1) is 5.92 Å². The second-order valence-corrected chi connectivity index (χ2v) is 3.80. The third kappa shape index (κ3) is 1.87. The number of hydrogen-bond donors (Lipinski definition) is 1. The fraction of sp³-hybridized carbons (Fsp3) is 0.778. The molecule has 2 atom stereocenters. The Bertz CT molecular complexity index is 293. The number of anilines is 1. The highest BCUT2D eigenvalue weighted by Crippen LogP contribution is 2.19. The molecule has 2 rings (SSSR count). The Morgan fingerprint density at radius 3 is 3.14 bits per heavy atom. The minimum absolute atomic E-state index is 0.412. The van der Waals surface area contributed by atoms with Gasteiger partial charge in [0.25, 0.3) is 0 Å². The van der Waals surface area contributed by atoms with E-state index in [1.807, 2.05) is 7.05 Å². The van der Waals surface area contributed by atoms with E-state index in [1.165, 1.54) is 0 Å². The maximum Gasteiger partial charge on any atom is 0.144 e. The quantitative estimate of drug-likeness (QED) is 0.771. The lowest BCUT2D eigenvalue weighted by Gasteiger charge is -2.19. The van der Waals surface area contributed by atoms with E-state index in [-0.39, 0.29) is 0 Å². The number of aromatic nitrogens is 3. The van der Waals surface area contributed by atoms with Crippen molar-refractivity contribution in [3.63, 3.8) is 0 Å². The van der Waals surface area contributed by atoms with Gasteiger partial charge in [0.2, 0.25) is 0 Å². The van der Waals surface area contributed by atoms with Gasteiger partial charge in [0.05, 0.1) is 12.8 Å². The zero-order valence-corrected chi connectivity index (χ0v) is 8.60. The molecule has 78 valence electrons. The van der Waals surface area contributed by atoms with Gasteiger partial charge in [-0.1, -0.05) is 5.21 Å². The lowest BCUT2D eigenvalue weighted by molar-refractivity contribution is 0.183. The Kier molecular flexibility index (Phi) is 2.67. The first-order valence-electron chi connectivity index (χ1n) is 4.96.